The molecule has 0 heterocycles. The van der Waals surface area contributed by atoms with Crippen molar-refractivity contribution in [2.45, 2.75) is 39.4 Å². The van der Waals surface area contributed by atoms with Crippen LogP contribution in [0.15, 0.2) is 48.5 Å². The van der Waals surface area contributed by atoms with Crippen LogP contribution in [0, 0.1) is 0 Å². The third-order valence-corrected chi connectivity index (χ3v) is 3.55. The molecule has 4 nitrogen and oxygen atoms in total. The van der Waals surface area contributed by atoms with E-state index in [2.05, 4.69) is 5.32 Å². The molecule has 0 aliphatic heterocycles. The highest BCUT2D eigenvalue weighted by Gasteiger charge is 2.19. The summed E-state index contributed by atoms with van der Waals surface area (Å²) in [7, 11) is 0. The molecule has 2 aromatic rings. The monoisotopic (exact) mass is 347 g/mol. The van der Waals surface area contributed by atoms with Crippen LogP contribution in [0.5, 0.6) is 11.5 Å². The fourth-order valence-electron chi connectivity index (χ4n) is 2.16. The number of benzene rings is 2. The molecule has 1 amide bonds. The van der Waals surface area contributed by atoms with Crippen molar-refractivity contribution >= 4 is 23.2 Å². The summed E-state index contributed by atoms with van der Waals surface area (Å²) in [5.41, 5.74) is 0.666. The van der Waals surface area contributed by atoms with Gasteiger partial charge in [-0.3, -0.25) is 4.79 Å². The summed E-state index contributed by atoms with van der Waals surface area (Å²) in [5.74, 6) is 0.986. The second-order valence-corrected chi connectivity index (χ2v) is 6.04. The van der Waals surface area contributed by atoms with Crippen molar-refractivity contribution in [3.05, 3.63) is 53.6 Å². The number of rotatable bonds is 7. The van der Waals surface area contributed by atoms with Crippen molar-refractivity contribution in [3.8, 4) is 11.5 Å². The fraction of sp³-hybridized carbons (Fsp3) is 0.316. The van der Waals surface area contributed by atoms with Gasteiger partial charge in [0, 0.05) is 11.8 Å². The zero-order chi connectivity index (χ0) is 17.5. The lowest BCUT2D eigenvalue weighted by Gasteiger charge is -2.18. The Kier molecular flexibility index (Phi) is 6.50. The number of hydrogen-bond donors (Lipinski definition) is 1. The van der Waals surface area contributed by atoms with Crippen molar-refractivity contribution in [1.29, 1.82) is 0 Å². The Labute approximate surface area is 147 Å². The van der Waals surface area contributed by atoms with Crippen LogP contribution in [0.4, 0.5) is 5.69 Å². The molecule has 128 valence electrons. The van der Waals surface area contributed by atoms with E-state index in [9.17, 15) is 4.79 Å². The van der Waals surface area contributed by atoms with E-state index in [0.29, 0.717) is 28.6 Å². The van der Waals surface area contributed by atoms with Gasteiger partial charge in [-0.25, -0.2) is 0 Å². The van der Waals surface area contributed by atoms with Crippen LogP contribution in [-0.2, 0) is 4.79 Å². The number of carbonyl (C=O) groups excluding carboxylic acids is 1. The van der Waals surface area contributed by atoms with Gasteiger partial charge < -0.3 is 14.8 Å². The zero-order valence-electron chi connectivity index (χ0n) is 14.1. The van der Waals surface area contributed by atoms with Crippen LogP contribution in [0.25, 0.3) is 0 Å². The molecule has 0 aliphatic rings. The van der Waals surface area contributed by atoms with E-state index >= 15 is 0 Å². The molecule has 0 bridgehead atoms. The Morgan fingerprint density at radius 3 is 2.54 bits per heavy atom. The van der Waals surface area contributed by atoms with E-state index in [1.165, 1.54) is 0 Å². The summed E-state index contributed by atoms with van der Waals surface area (Å²) < 4.78 is 11.4. The molecule has 24 heavy (non-hydrogen) atoms. The standard InChI is InChI=1S/C19H22ClNO3/c1-4-17(24-18-11-6-5-10-16(18)20)19(22)21-14-8-7-9-15(12-14)23-13(2)3/h5-13,17H,4H2,1-3H3,(H,21,22). The predicted octanol–water partition coefficient (Wildman–Crippen LogP) is 4.92. The van der Waals surface area contributed by atoms with E-state index in [1.807, 2.05) is 51.1 Å². The van der Waals surface area contributed by atoms with E-state index in [4.69, 9.17) is 21.1 Å². The van der Waals surface area contributed by atoms with Crippen molar-refractivity contribution < 1.29 is 14.3 Å². The molecule has 0 aromatic heterocycles. The molecule has 0 radical (unpaired) electrons. The SMILES string of the molecule is CCC(Oc1ccccc1Cl)C(=O)Nc1cccc(OC(C)C)c1. The van der Waals surface area contributed by atoms with Crippen LogP contribution in [0.3, 0.4) is 0 Å². The largest absolute Gasteiger partial charge is 0.491 e. The van der Waals surface area contributed by atoms with Gasteiger partial charge in [0.1, 0.15) is 11.5 Å². The number of ether oxygens (including phenoxy) is 2. The van der Waals surface area contributed by atoms with Gasteiger partial charge in [-0.15, -0.1) is 0 Å². The highest BCUT2D eigenvalue weighted by Crippen LogP contribution is 2.25. The molecular weight excluding hydrogens is 326 g/mol. The number of amides is 1. The number of halogens is 1. The number of anilines is 1. The third kappa shape index (κ3) is 5.17. The summed E-state index contributed by atoms with van der Waals surface area (Å²) in [4.78, 5) is 12.5. The second-order valence-electron chi connectivity index (χ2n) is 5.63. The lowest BCUT2D eigenvalue weighted by atomic mass is 10.2. The molecule has 0 spiro atoms. The van der Waals surface area contributed by atoms with E-state index in [-0.39, 0.29) is 12.0 Å². The van der Waals surface area contributed by atoms with Gasteiger partial charge in [0.25, 0.3) is 5.91 Å². The molecule has 2 aromatic carbocycles. The Bertz CT molecular complexity index is 688. The Morgan fingerprint density at radius 2 is 1.88 bits per heavy atom. The number of hydrogen-bond acceptors (Lipinski definition) is 3. The predicted molar refractivity (Wildman–Crippen MR) is 97.0 cm³/mol. The average molecular weight is 348 g/mol. The van der Waals surface area contributed by atoms with Gasteiger partial charge in [-0.1, -0.05) is 36.7 Å². The molecule has 1 unspecified atom stereocenters. The molecule has 5 heteroatoms. The van der Waals surface area contributed by atoms with E-state index in [1.54, 1.807) is 18.2 Å². The second kappa shape index (κ2) is 8.60. The first kappa shape index (κ1) is 18.1. The smallest absolute Gasteiger partial charge is 0.265 e. The van der Waals surface area contributed by atoms with Gasteiger partial charge in [-0.2, -0.15) is 0 Å². The highest BCUT2D eigenvalue weighted by atomic mass is 35.5. The number of carbonyl (C=O) groups is 1. The van der Waals surface area contributed by atoms with Crippen molar-refractivity contribution in [3.63, 3.8) is 0 Å². The van der Waals surface area contributed by atoms with Gasteiger partial charge in [0.2, 0.25) is 0 Å². The first-order valence-electron chi connectivity index (χ1n) is 7.98. The highest BCUT2D eigenvalue weighted by molar-refractivity contribution is 6.32. The van der Waals surface area contributed by atoms with E-state index < -0.39 is 6.10 Å². The molecule has 0 aliphatic carbocycles. The quantitative estimate of drug-likeness (QED) is 0.773. The normalized spacial score (nSPS) is 11.9. The van der Waals surface area contributed by atoms with Crippen LogP contribution < -0.4 is 14.8 Å². The lowest BCUT2D eigenvalue weighted by Crippen LogP contribution is -2.32. The molecule has 1 atom stereocenters. The van der Waals surface area contributed by atoms with Gasteiger partial charge in [-0.05, 0) is 44.5 Å². The maximum absolute atomic E-state index is 12.5. The summed E-state index contributed by atoms with van der Waals surface area (Å²) in [5, 5.41) is 3.34. The molecule has 0 saturated carbocycles. The first-order chi connectivity index (χ1) is 11.5. The maximum Gasteiger partial charge on any atom is 0.265 e. The Morgan fingerprint density at radius 1 is 1.12 bits per heavy atom. The minimum atomic E-state index is -0.625. The van der Waals surface area contributed by atoms with Crippen LogP contribution in [0.2, 0.25) is 5.02 Å². The molecule has 0 saturated heterocycles. The summed E-state index contributed by atoms with van der Waals surface area (Å²) >= 11 is 6.09. The molecule has 1 N–H and O–H groups in total. The fourth-order valence-corrected chi connectivity index (χ4v) is 2.34. The summed E-state index contributed by atoms with van der Waals surface area (Å²) in [6.07, 6.45) is -0.0262. The zero-order valence-corrected chi connectivity index (χ0v) is 14.8. The lowest BCUT2D eigenvalue weighted by molar-refractivity contribution is -0.122. The number of para-hydroxylation sites is 1. The topological polar surface area (TPSA) is 47.6 Å². The van der Waals surface area contributed by atoms with Crippen molar-refractivity contribution in [1.82, 2.24) is 0 Å². The molecule has 0 fully saturated rings. The maximum atomic E-state index is 12.5. The molecular formula is C19H22ClNO3. The van der Waals surface area contributed by atoms with E-state index in [0.717, 1.165) is 0 Å². The van der Waals surface area contributed by atoms with Gasteiger partial charge >= 0.3 is 0 Å². The van der Waals surface area contributed by atoms with Crippen molar-refractivity contribution in [2.75, 3.05) is 5.32 Å². The van der Waals surface area contributed by atoms with Crippen LogP contribution in [-0.4, -0.2) is 18.1 Å². The Hall–Kier alpha value is -2.20. The minimum absolute atomic E-state index is 0.0721. The summed E-state index contributed by atoms with van der Waals surface area (Å²) in [6.45, 7) is 5.80. The van der Waals surface area contributed by atoms with Crippen molar-refractivity contribution in [2.24, 2.45) is 0 Å². The average Bonchev–Trinajstić information content (AvgIpc) is 2.53. The van der Waals surface area contributed by atoms with Crippen LogP contribution in [0.1, 0.15) is 27.2 Å². The third-order valence-electron chi connectivity index (χ3n) is 3.24. The Balaban J connectivity index is 2.05. The first-order valence-corrected chi connectivity index (χ1v) is 8.36. The minimum Gasteiger partial charge on any atom is -0.491 e. The van der Waals surface area contributed by atoms with Gasteiger partial charge in [0.05, 0.1) is 11.1 Å². The van der Waals surface area contributed by atoms with Crippen LogP contribution >= 0.6 is 11.6 Å². The summed E-state index contributed by atoms with van der Waals surface area (Å²) in [6, 6.07) is 14.4. The molecule has 2 rings (SSSR count). The number of nitrogens with one attached hydrogen (secondary N) is 1. The van der Waals surface area contributed by atoms with Gasteiger partial charge in [0.15, 0.2) is 6.10 Å².